The highest BCUT2D eigenvalue weighted by Gasteiger charge is 2.44. The number of nitrogens with two attached hydrogens (primary N) is 1. The number of thioether (sulfide) groups is 1. The molecule has 8 amide bonds. The molecule has 0 aliphatic carbocycles. The molecule has 8 N–H and O–H groups in total. The lowest BCUT2D eigenvalue weighted by Crippen LogP contribution is -2.58. The van der Waals surface area contributed by atoms with Crippen molar-refractivity contribution in [2.75, 3.05) is 31.6 Å². The van der Waals surface area contributed by atoms with E-state index >= 15 is 0 Å². The summed E-state index contributed by atoms with van der Waals surface area (Å²) in [6.45, 7) is 12.6. The van der Waals surface area contributed by atoms with Crippen LogP contribution >= 0.6 is 11.8 Å². The fraction of sp³-hybridized carbons (Fsp3) is 0.636. The van der Waals surface area contributed by atoms with Crippen molar-refractivity contribution < 1.29 is 43.1 Å². The maximum atomic E-state index is 14.2. The minimum atomic E-state index is -1.13. The molecule has 1 aromatic carbocycles. The zero-order valence-electron chi connectivity index (χ0n) is 37.8. The first-order chi connectivity index (χ1) is 29.7. The molecule has 19 heteroatoms. The zero-order chi connectivity index (χ0) is 46.6. The highest BCUT2D eigenvalue weighted by molar-refractivity contribution is 7.98. The lowest BCUT2D eigenvalue weighted by Gasteiger charge is -2.34. The highest BCUT2D eigenvalue weighted by Crippen LogP contribution is 2.27. The van der Waals surface area contributed by atoms with Crippen molar-refractivity contribution in [1.29, 1.82) is 0 Å². The van der Waals surface area contributed by atoms with Gasteiger partial charge < -0.3 is 51.8 Å². The summed E-state index contributed by atoms with van der Waals surface area (Å²) in [6.07, 6.45) is 5.30. The summed E-state index contributed by atoms with van der Waals surface area (Å²) in [5.74, 6) is -3.73. The molecule has 2 fully saturated rings. The first kappa shape index (κ1) is 50.3. The Balaban J connectivity index is 1.42. The van der Waals surface area contributed by atoms with Gasteiger partial charge in [-0.25, -0.2) is 4.79 Å². The first-order valence-electron chi connectivity index (χ1n) is 21.8. The Hall–Kier alpha value is -5.33. The number of H-pyrrole nitrogens is 1. The van der Waals surface area contributed by atoms with E-state index in [1.807, 2.05) is 44.4 Å². The number of hydrogen-bond acceptors (Lipinski definition) is 10. The summed E-state index contributed by atoms with van der Waals surface area (Å²) < 4.78 is 5.39. The Morgan fingerprint density at radius 2 is 1.52 bits per heavy atom. The molecule has 348 valence electrons. The molecule has 2 aliphatic heterocycles. The van der Waals surface area contributed by atoms with E-state index in [2.05, 4.69) is 31.6 Å². The van der Waals surface area contributed by atoms with E-state index in [-0.39, 0.29) is 37.1 Å². The number of likely N-dealkylation sites (tertiary alicyclic amines) is 2. The van der Waals surface area contributed by atoms with Gasteiger partial charge in [-0.2, -0.15) is 11.8 Å². The maximum Gasteiger partial charge on any atom is 0.408 e. The number of aromatic amines is 1. The number of ether oxygens (including phenoxy) is 1. The largest absolute Gasteiger partial charge is 0.444 e. The summed E-state index contributed by atoms with van der Waals surface area (Å²) in [6, 6.07) is 1.67. The molecule has 3 heterocycles. The Kier molecular flexibility index (Phi) is 18.2. The van der Waals surface area contributed by atoms with Crippen LogP contribution in [0.2, 0.25) is 0 Å². The summed E-state index contributed by atoms with van der Waals surface area (Å²) in [7, 11) is 0. The van der Waals surface area contributed by atoms with Gasteiger partial charge >= 0.3 is 6.09 Å². The number of carbonyl (C=O) groups is 8. The normalized spacial score (nSPS) is 18.4. The van der Waals surface area contributed by atoms with Crippen LogP contribution in [0.3, 0.4) is 0 Å². The number of amides is 8. The topological polar surface area (TPSA) is 254 Å². The van der Waals surface area contributed by atoms with E-state index in [9.17, 15) is 38.4 Å². The quantitative estimate of drug-likeness (QED) is 0.102. The van der Waals surface area contributed by atoms with Gasteiger partial charge in [0, 0.05) is 36.6 Å². The number of carbonyl (C=O) groups excluding carboxylic acids is 8. The van der Waals surface area contributed by atoms with Crippen LogP contribution in [0.4, 0.5) is 4.79 Å². The van der Waals surface area contributed by atoms with Crippen molar-refractivity contribution in [3.05, 3.63) is 36.0 Å². The van der Waals surface area contributed by atoms with Crippen LogP contribution in [-0.2, 0) is 44.7 Å². The third kappa shape index (κ3) is 14.3. The minimum absolute atomic E-state index is 0.0500. The molecule has 4 rings (SSSR count). The van der Waals surface area contributed by atoms with E-state index in [1.165, 1.54) is 21.6 Å². The monoisotopic (exact) mass is 897 g/mol. The second kappa shape index (κ2) is 22.9. The van der Waals surface area contributed by atoms with Crippen LogP contribution in [0.1, 0.15) is 92.6 Å². The molecule has 1 aromatic heterocycles. The van der Waals surface area contributed by atoms with Crippen LogP contribution in [0.25, 0.3) is 10.9 Å². The number of benzene rings is 1. The lowest BCUT2D eigenvalue weighted by molar-refractivity contribution is -0.148. The number of aromatic nitrogens is 1. The predicted molar refractivity (Wildman–Crippen MR) is 240 cm³/mol. The minimum Gasteiger partial charge on any atom is -0.444 e. The number of primary amides is 1. The van der Waals surface area contributed by atoms with Crippen LogP contribution < -0.4 is 32.3 Å². The summed E-state index contributed by atoms with van der Waals surface area (Å²) in [5, 5.41) is 14.3. The average Bonchev–Trinajstić information content (AvgIpc) is 3.99. The van der Waals surface area contributed by atoms with E-state index in [0.29, 0.717) is 44.4 Å². The summed E-state index contributed by atoms with van der Waals surface area (Å²) >= 11 is 1.49. The van der Waals surface area contributed by atoms with Gasteiger partial charge in [-0.15, -0.1) is 0 Å². The van der Waals surface area contributed by atoms with Gasteiger partial charge in [0.15, 0.2) is 0 Å². The predicted octanol–water partition coefficient (Wildman–Crippen LogP) is 2.10. The van der Waals surface area contributed by atoms with Crippen LogP contribution in [0, 0.1) is 11.8 Å². The van der Waals surface area contributed by atoms with E-state index in [1.54, 1.807) is 40.8 Å². The van der Waals surface area contributed by atoms with Gasteiger partial charge in [-0.3, -0.25) is 33.6 Å². The van der Waals surface area contributed by atoms with Crippen molar-refractivity contribution in [1.82, 2.24) is 41.4 Å². The maximum absolute atomic E-state index is 14.2. The zero-order valence-corrected chi connectivity index (χ0v) is 38.7. The SMILES string of the molecule is CSCC[C@H](NC(=O)[C@H](Cc1c[nH]c2ccccc12)NC(=O)CNC(=O)[C@H](CC(C)C)NC(=O)[C@@H]1CCCN1C(=O)[C@@H]1CCCN1C(=O)[C@@H](NC(=O)OC(C)(C)C)C(C)C)C(N)=O. The van der Waals surface area contributed by atoms with Gasteiger partial charge in [-0.05, 0) is 94.8 Å². The van der Waals surface area contributed by atoms with E-state index < -0.39 is 89.9 Å². The number of para-hydroxylation sites is 1. The van der Waals surface area contributed by atoms with Gasteiger partial charge in [0.05, 0.1) is 6.54 Å². The van der Waals surface area contributed by atoms with Crippen LogP contribution in [-0.4, -0.2) is 136 Å². The Labute approximate surface area is 374 Å². The molecular weight excluding hydrogens is 831 g/mol. The molecule has 2 saturated heterocycles. The molecule has 0 spiro atoms. The second-order valence-electron chi connectivity index (χ2n) is 18.1. The molecule has 0 radical (unpaired) electrons. The third-order valence-electron chi connectivity index (χ3n) is 11.0. The number of hydrogen-bond donors (Lipinski definition) is 7. The summed E-state index contributed by atoms with van der Waals surface area (Å²) in [4.78, 5) is 114. The number of fused-ring (bicyclic) bond motifs is 1. The number of rotatable bonds is 20. The van der Waals surface area contributed by atoms with Gasteiger partial charge in [0.2, 0.25) is 41.4 Å². The van der Waals surface area contributed by atoms with Crippen molar-refractivity contribution in [3.8, 4) is 0 Å². The molecule has 0 unspecified atom stereocenters. The molecular formula is C44H67N9O9S. The third-order valence-corrected chi connectivity index (χ3v) is 11.7. The van der Waals surface area contributed by atoms with Gasteiger partial charge in [0.25, 0.3) is 0 Å². The fourth-order valence-electron chi connectivity index (χ4n) is 7.94. The van der Waals surface area contributed by atoms with Crippen LogP contribution in [0.15, 0.2) is 30.5 Å². The van der Waals surface area contributed by atoms with Crippen molar-refractivity contribution in [2.24, 2.45) is 17.6 Å². The second-order valence-corrected chi connectivity index (χ2v) is 19.1. The Bertz CT molecular complexity index is 1970. The van der Waals surface area contributed by atoms with E-state index in [0.717, 1.165) is 16.5 Å². The standard InChI is InChI=1S/C44H67N9O9S/c1-25(2)21-31(38(56)47-24-35(54)48-32(39(57)49-30(37(45)55)17-20-63-8)22-27-23-46-29-14-10-9-13-28(27)29)50-40(58)33-15-11-18-52(33)41(59)34-16-12-19-53(34)42(60)36(26(3)4)51-43(61)62-44(5,6)7/h9-10,13-14,23,25-26,30-34,36,46H,11-12,15-22,24H2,1-8H3,(H2,45,55)(H,47,56)(H,48,54)(H,49,57)(H,50,58)(H,51,61)/t30-,31-,32-,33-,34-,36-/m0/s1. The highest BCUT2D eigenvalue weighted by atomic mass is 32.2. The van der Waals surface area contributed by atoms with Gasteiger partial charge in [0.1, 0.15) is 41.9 Å². The fourth-order valence-corrected chi connectivity index (χ4v) is 8.41. The molecule has 0 saturated carbocycles. The first-order valence-corrected chi connectivity index (χ1v) is 23.2. The van der Waals surface area contributed by atoms with Crippen LogP contribution in [0.5, 0.6) is 0 Å². The molecule has 63 heavy (non-hydrogen) atoms. The Morgan fingerprint density at radius 3 is 2.16 bits per heavy atom. The molecule has 2 aromatic rings. The van der Waals surface area contributed by atoms with Gasteiger partial charge in [-0.1, -0.05) is 45.9 Å². The number of nitrogens with one attached hydrogen (secondary N) is 6. The number of nitrogens with zero attached hydrogens (tertiary/aromatic N) is 2. The molecule has 2 aliphatic rings. The summed E-state index contributed by atoms with van der Waals surface area (Å²) in [5.41, 5.74) is 6.40. The lowest BCUT2D eigenvalue weighted by atomic mass is 10.0. The van der Waals surface area contributed by atoms with Crippen molar-refractivity contribution >= 4 is 70.1 Å². The Morgan fingerprint density at radius 1 is 0.857 bits per heavy atom. The molecule has 18 nitrogen and oxygen atoms in total. The smallest absolute Gasteiger partial charge is 0.408 e. The van der Waals surface area contributed by atoms with E-state index in [4.69, 9.17) is 10.5 Å². The average molecular weight is 898 g/mol. The number of alkyl carbamates (subject to hydrolysis) is 1. The molecule has 0 bridgehead atoms. The van der Waals surface area contributed by atoms with Crippen molar-refractivity contribution in [3.63, 3.8) is 0 Å². The molecule has 6 atom stereocenters. The van der Waals surface area contributed by atoms with Crippen molar-refractivity contribution in [2.45, 2.75) is 135 Å².